The molecular formula is C17H20N2O2. The SMILES string of the molecule is CN(C)c1ccc(CNCc2cccc(C(=O)O)c2)cc1. The van der Waals surface area contributed by atoms with E-state index >= 15 is 0 Å². The first-order valence-electron chi connectivity index (χ1n) is 6.85. The molecule has 0 saturated heterocycles. The Hall–Kier alpha value is -2.33. The van der Waals surface area contributed by atoms with Gasteiger partial charge in [0.1, 0.15) is 0 Å². The average Bonchev–Trinajstić information content (AvgIpc) is 2.48. The zero-order chi connectivity index (χ0) is 15.2. The fourth-order valence-corrected chi connectivity index (χ4v) is 2.08. The van der Waals surface area contributed by atoms with Crippen molar-refractivity contribution >= 4 is 11.7 Å². The summed E-state index contributed by atoms with van der Waals surface area (Å²) in [5.74, 6) is -0.892. The van der Waals surface area contributed by atoms with Crippen LogP contribution in [-0.4, -0.2) is 25.2 Å². The van der Waals surface area contributed by atoms with Gasteiger partial charge >= 0.3 is 5.97 Å². The van der Waals surface area contributed by atoms with Crippen LogP contribution in [0.1, 0.15) is 21.5 Å². The lowest BCUT2D eigenvalue weighted by Crippen LogP contribution is -2.13. The van der Waals surface area contributed by atoms with Crippen LogP contribution in [0.15, 0.2) is 48.5 Å². The fraction of sp³-hybridized carbons (Fsp3) is 0.235. The van der Waals surface area contributed by atoms with E-state index in [0.29, 0.717) is 12.1 Å². The number of rotatable bonds is 6. The summed E-state index contributed by atoms with van der Waals surface area (Å²) in [5, 5.41) is 12.3. The van der Waals surface area contributed by atoms with E-state index in [2.05, 4.69) is 34.5 Å². The monoisotopic (exact) mass is 284 g/mol. The molecule has 110 valence electrons. The predicted octanol–water partition coefficient (Wildman–Crippen LogP) is 2.74. The number of carboxylic acid groups (broad SMARTS) is 1. The number of hydrogen-bond acceptors (Lipinski definition) is 3. The summed E-state index contributed by atoms with van der Waals surface area (Å²) in [6.45, 7) is 1.40. The first-order chi connectivity index (χ1) is 10.1. The van der Waals surface area contributed by atoms with E-state index in [1.807, 2.05) is 20.2 Å². The molecule has 0 saturated carbocycles. The van der Waals surface area contributed by atoms with Crippen LogP contribution in [0.3, 0.4) is 0 Å². The molecule has 0 aliphatic carbocycles. The Morgan fingerprint density at radius 1 is 1.05 bits per heavy atom. The predicted molar refractivity (Wildman–Crippen MR) is 84.7 cm³/mol. The highest BCUT2D eigenvalue weighted by atomic mass is 16.4. The van der Waals surface area contributed by atoms with Crippen molar-refractivity contribution in [2.75, 3.05) is 19.0 Å². The molecule has 0 amide bonds. The second-order valence-corrected chi connectivity index (χ2v) is 5.17. The van der Waals surface area contributed by atoms with Crippen molar-refractivity contribution in [3.05, 3.63) is 65.2 Å². The lowest BCUT2D eigenvalue weighted by atomic mass is 10.1. The fourth-order valence-electron chi connectivity index (χ4n) is 2.08. The summed E-state index contributed by atoms with van der Waals surface area (Å²) in [7, 11) is 4.03. The number of hydrogen-bond donors (Lipinski definition) is 2. The molecule has 2 rings (SSSR count). The maximum atomic E-state index is 10.9. The van der Waals surface area contributed by atoms with Gasteiger partial charge in [0, 0.05) is 32.9 Å². The van der Waals surface area contributed by atoms with E-state index in [4.69, 9.17) is 5.11 Å². The molecule has 2 N–H and O–H groups in total. The minimum Gasteiger partial charge on any atom is -0.478 e. The quantitative estimate of drug-likeness (QED) is 0.856. The maximum Gasteiger partial charge on any atom is 0.335 e. The number of carbonyl (C=O) groups is 1. The second kappa shape index (κ2) is 6.90. The van der Waals surface area contributed by atoms with E-state index < -0.39 is 5.97 Å². The third-order valence-corrected chi connectivity index (χ3v) is 3.28. The molecule has 0 unspecified atom stereocenters. The molecule has 0 spiro atoms. The Bertz CT molecular complexity index is 606. The smallest absolute Gasteiger partial charge is 0.335 e. The van der Waals surface area contributed by atoms with Gasteiger partial charge in [-0.1, -0.05) is 24.3 Å². The van der Waals surface area contributed by atoms with Crippen molar-refractivity contribution in [2.45, 2.75) is 13.1 Å². The van der Waals surface area contributed by atoms with Crippen LogP contribution in [-0.2, 0) is 13.1 Å². The van der Waals surface area contributed by atoms with Crippen molar-refractivity contribution in [1.82, 2.24) is 5.32 Å². The van der Waals surface area contributed by atoms with Gasteiger partial charge < -0.3 is 15.3 Å². The molecule has 4 nitrogen and oxygen atoms in total. The average molecular weight is 284 g/mol. The van der Waals surface area contributed by atoms with Crippen LogP contribution in [0, 0.1) is 0 Å². The number of carboxylic acids is 1. The lowest BCUT2D eigenvalue weighted by molar-refractivity contribution is 0.0696. The van der Waals surface area contributed by atoms with Gasteiger partial charge in [-0.3, -0.25) is 0 Å². The van der Waals surface area contributed by atoms with Gasteiger partial charge in [0.25, 0.3) is 0 Å². The summed E-state index contributed by atoms with van der Waals surface area (Å²) in [5.41, 5.74) is 3.67. The molecule has 0 fully saturated rings. The molecule has 0 heterocycles. The summed E-state index contributed by atoms with van der Waals surface area (Å²) in [4.78, 5) is 13.0. The van der Waals surface area contributed by atoms with E-state index in [-0.39, 0.29) is 0 Å². The van der Waals surface area contributed by atoms with Crippen LogP contribution >= 0.6 is 0 Å². The highest BCUT2D eigenvalue weighted by molar-refractivity contribution is 5.87. The van der Waals surface area contributed by atoms with Crippen LogP contribution in [0.2, 0.25) is 0 Å². The Morgan fingerprint density at radius 3 is 2.33 bits per heavy atom. The third kappa shape index (κ3) is 4.33. The Morgan fingerprint density at radius 2 is 1.71 bits per heavy atom. The van der Waals surface area contributed by atoms with Crippen molar-refractivity contribution in [3.63, 3.8) is 0 Å². The largest absolute Gasteiger partial charge is 0.478 e. The topological polar surface area (TPSA) is 52.6 Å². The number of benzene rings is 2. The van der Waals surface area contributed by atoms with E-state index in [1.165, 1.54) is 11.3 Å². The van der Waals surface area contributed by atoms with Crippen LogP contribution < -0.4 is 10.2 Å². The lowest BCUT2D eigenvalue weighted by Gasteiger charge is -2.13. The molecule has 0 bridgehead atoms. The molecule has 0 atom stereocenters. The molecule has 21 heavy (non-hydrogen) atoms. The summed E-state index contributed by atoms with van der Waals surface area (Å²) < 4.78 is 0. The Labute approximate surface area is 125 Å². The number of nitrogens with one attached hydrogen (secondary N) is 1. The molecular weight excluding hydrogens is 264 g/mol. The van der Waals surface area contributed by atoms with Crippen LogP contribution in [0.25, 0.3) is 0 Å². The number of anilines is 1. The molecule has 2 aromatic carbocycles. The molecule has 0 radical (unpaired) electrons. The first kappa shape index (κ1) is 15.1. The zero-order valence-corrected chi connectivity index (χ0v) is 12.3. The van der Waals surface area contributed by atoms with E-state index in [9.17, 15) is 4.79 Å². The highest BCUT2D eigenvalue weighted by Gasteiger charge is 2.03. The summed E-state index contributed by atoms with van der Waals surface area (Å²) in [6.07, 6.45) is 0. The zero-order valence-electron chi connectivity index (χ0n) is 12.3. The van der Waals surface area contributed by atoms with E-state index in [0.717, 1.165) is 12.1 Å². The van der Waals surface area contributed by atoms with Crippen molar-refractivity contribution in [1.29, 1.82) is 0 Å². The van der Waals surface area contributed by atoms with Gasteiger partial charge in [-0.05, 0) is 35.4 Å². The molecule has 4 heteroatoms. The van der Waals surface area contributed by atoms with Crippen LogP contribution in [0.4, 0.5) is 5.69 Å². The summed E-state index contributed by atoms with van der Waals surface area (Å²) in [6, 6.07) is 15.4. The third-order valence-electron chi connectivity index (χ3n) is 3.28. The number of aromatic carboxylic acids is 1. The van der Waals surface area contributed by atoms with Gasteiger partial charge in [0.2, 0.25) is 0 Å². The molecule has 0 aliphatic heterocycles. The normalized spacial score (nSPS) is 10.4. The van der Waals surface area contributed by atoms with Gasteiger partial charge in [-0.15, -0.1) is 0 Å². The van der Waals surface area contributed by atoms with Gasteiger partial charge in [0.15, 0.2) is 0 Å². The van der Waals surface area contributed by atoms with Crippen molar-refractivity contribution in [2.24, 2.45) is 0 Å². The number of nitrogens with zero attached hydrogens (tertiary/aromatic N) is 1. The minimum atomic E-state index is -0.892. The minimum absolute atomic E-state index is 0.324. The van der Waals surface area contributed by atoms with Gasteiger partial charge in [-0.2, -0.15) is 0 Å². The summed E-state index contributed by atoms with van der Waals surface area (Å²) >= 11 is 0. The van der Waals surface area contributed by atoms with Gasteiger partial charge in [-0.25, -0.2) is 4.79 Å². The van der Waals surface area contributed by atoms with Crippen molar-refractivity contribution in [3.8, 4) is 0 Å². The molecule has 0 aliphatic rings. The standard InChI is InChI=1S/C17H20N2O2/c1-19(2)16-8-6-13(7-9-16)11-18-12-14-4-3-5-15(10-14)17(20)21/h3-10,18H,11-12H2,1-2H3,(H,20,21). The van der Waals surface area contributed by atoms with Crippen molar-refractivity contribution < 1.29 is 9.90 Å². The van der Waals surface area contributed by atoms with E-state index in [1.54, 1.807) is 18.2 Å². The maximum absolute atomic E-state index is 10.9. The highest BCUT2D eigenvalue weighted by Crippen LogP contribution is 2.12. The second-order valence-electron chi connectivity index (χ2n) is 5.17. The van der Waals surface area contributed by atoms with Crippen LogP contribution in [0.5, 0.6) is 0 Å². The molecule has 0 aromatic heterocycles. The first-order valence-corrected chi connectivity index (χ1v) is 6.85. The Balaban J connectivity index is 1.89. The molecule has 2 aromatic rings. The Kier molecular flexibility index (Phi) is 4.95. The van der Waals surface area contributed by atoms with Gasteiger partial charge in [0.05, 0.1) is 5.56 Å².